The van der Waals surface area contributed by atoms with Gasteiger partial charge in [0.2, 0.25) is 0 Å². The summed E-state index contributed by atoms with van der Waals surface area (Å²) in [6.45, 7) is 4.03. The molecular formula is C14H20N2O4S. The molecule has 0 aromatic carbocycles. The summed E-state index contributed by atoms with van der Waals surface area (Å²) < 4.78 is 9.73. The molecule has 0 spiro atoms. The number of ether oxygens (including phenoxy) is 2. The highest BCUT2D eigenvalue weighted by atomic mass is 32.1. The van der Waals surface area contributed by atoms with Gasteiger partial charge in [-0.05, 0) is 32.6 Å². The van der Waals surface area contributed by atoms with Gasteiger partial charge < -0.3 is 20.5 Å². The summed E-state index contributed by atoms with van der Waals surface area (Å²) in [6, 6.07) is 0.224. The molecule has 1 saturated carbocycles. The molecule has 3 N–H and O–H groups in total. The summed E-state index contributed by atoms with van der Waals surface area (Å²) in [7, 11) is 1.29. The van der Waals surface area contributed by atoms with Gasteiger partial charge in [0.1, 0.15) is 15.4 Å². The molecule has 1 heterocycles. The Morgan fingerprint density at radius 2 is 2.10 bits per heavy atom. The largest absolute Gasteiger partial charge is 0.465 e. The summed E-state index contributed by atoms with van der Waals surface area (Å²) in [5, 5.41) is 3.85. The van der Waals surface area contributed by atoms with E-state index < -0.39 is 11.9 Å². The number of nitrogens with two attached hydrogens (primary N) is 1. The average molecular weight is 312 g/mol. The van der Waals surface area contributed by atoms with Gasteiger partial charge >= 0.3 is 11.9 Å². The van der Waals surface area contributed by atoms with Crippen LogP contribution in [0.25, 0.3) is 0 Å². The Balaban J connectivity index is 2.33. The second-order valence-corrected chi connectivity index (χ2v) is 6.05. The van der Waals surface area contributed by atoms with Crippen LogP contribution in [-0.2, 0) is 9.47 Å². The van der Waals surface area contributed by atoms with Crippen molar-refractivity contribution < 1.29 is 19.1 Å². The Kier molecular flexibility index (Phi) is 4.72. The summed E-state index contributed by atoms with van der Waals surface area (Å²) in [5.41, 5.74) is 6.29. The molecule has 7 heteroatoms. The lowest BCUT2D eigenvalue weighted by Crippen LogP contribution is -2.18. The zero-order valence-corrected chi connectivity index (χ0v) is 13.2. The van der Waals surface area contributed by atoms with Gasteiger partial charge in [0.25, 0.3) is 0 Å². The quantitative estimate of drug-likeness (QED) is 0.784. The molecule has 0 radical (unpaired) electrons. The number of carbonyl (C=O) groups excluding carboxylic acids is 2. The molecule has 0 aliphatic heterocycles. The topological polar surface area (TPSA) is 90.6 Å². The van der Waals surface area contributed by atoms with Gasteiger partial charge in [-0.3, -0.25) is 0 Å². The molecule has 0 bridgehead atoms. The summed E-state index contributed by atoms with van der Waals surface area (Å²) in [6.07, 6.45) is 2.35. The van der Waals surface area contributed by atoms with Crippen LogP contribution in [0, 0.1) is 5.92 Å². The molecule has 1 aromatic heterocycles. The number of nitrogens with one attached hydrogen (secondary N) is 1. The van der Waals surface area contributed by atoms with Crippen LogP contribution in [0.5, 0.6) is 0 Å². The minimum Gasteiger partial charge on any atom is -0.465 e. The molecule has 1 atom stereocenters. The standard InChI is InChI=1S/C14H20N2O4S/c1-4-20-14(18)11-10(15)9(13(17)19-3)12(21-11)16-7(2)8-5-6-8/h7-8,16H,4-6,15H2,1-3H3. The third kappa shape index (κ3) is 3.29. The van der Waals surface area contributed by atoms with E-state index in [1.807, 2.05) is 0 Å². The highest BCUT2D eigenvalue weighted by molar-refractivity contribution is 7.19. The van der Waals surface area contributed by atoms with Crippen molar-refractivity contribution in [3.05, 3.63) is 10.4 Å². The minimum absolute atomic E-state index is 0.121. The first kappa shape index (κ1) is 15.6. The molecule has 1 aromatic rings. The van der Waals surface area contributed by atoms with E-state index in [2.05, 4.69) is 12.2 Å². The molecule has 0 saturated heterocycles. The molecule has 6 nitrogen and oxygen atoms in total. The Hall–Kier alpha value is -1.76. The summed E-state index contributed by atoms with van der Waals surface area (Å²) in [4.78, 5) is 24.1. The number of carbonyl (C=O) groups is 2. The molecule has 2 rings (SSSR count). The first-order valence-corrected chi connectivity index (χ1v) is 7.75. The minimum atomic E-state index is -0.551. The lowest BCUT2D eigenvalue weighted by molar-refractivity contribution is 0.0533. The molecule has 1 aliphatic rings. The maximum absolute atomic E-state index is 11.9. The molecule has 1 aliphatic carbocycles. The normalized spacial score (nSPS) is 15.4. The smallest absolute Gasteiger partial charge is 0.350 e. The Morgan fingerprint density at radius 3 is 2.62 bits per heavy atom. The number of methoxy groups -OCH3 is 1. The Morgan fingerprint density at radius 1 is 1.43 bits per heavy atom. The monoisotopic (exact) mass is 312 g/mol. The van der Waals surface area contributed by atoms with Crippen LogP contribution in [0.4, 0.5) is 10.7 Å². The van der Waals surface area contributed by atoms with Crippen molar-refractivity contribution in [2.24, 2.45) is 5.92 Å². The average Bonchev–Trinajstić information content (AvgIpc) is 3.24. The highest BCUT2D eigenvalue weighted by Gasteiger charge is 2.32. The van der Waals surface area contributed by atoms with Gasteiger partial charge in [-0.1, -0.05) is 0 Å². The van der Waals surface area contributed by atoms with E-state index in [0.29, 0.717) is 10.9 Å². The zero-order valence-electron chi connectivity index (χ0n) is 12.4. The Labute approximate surface area is 127 Å². The van der Waals surface area contributed by atoms with Gasteiger partial charge in [0.05, 0.1) is 19.4 Å². The molecule has 21 heavy (non-hydrogen) atoms. The SMILES string of the molecule is CCOC(=O)c1sc(NC(C)C2CC2)c(C(=O)OC)c1N. The van der Waals surface area contributed by atoms with E-state index in [9.17, 15) is 9.59 Å². The van der Waals surface area contributed by atoms with Crippen molar-refractivity contribution in [3.63, 3.8) is 0 Å². The van der Waals surface area contributed by atoms with Crippen LogP contribution < -0.4 is 11.1 Å². The van der Waals surface area contributed by atoms with E-state index in [4.69, 9.17) is 15.2 Å². The third-order valence-corrected chi connectivity index (χ3v) is 4.60. The van der Waals surface area contributed by atoms with Crippen LogP contribution in [-0.4, -0.2) is 31.7 Å². The van der Waals surface area contributed by atoms with Crippen molar-refractivity contribution in [3.8, 4) is 0 Å². The number of hydrogen-bond acceptors (Lipinski definition) is 7. The first-order valence-electron chi connectivity index (χ1n) is 6.93. The summed E-state index contributed by atoms with van der Waals surface area (Å²) in [5.74, 6) is -0.466. The van der Waals surface area contributed by atoms with Crippen molar-refractivity contribution in [1.82, 2.24) is 0 Å². The van der Waals surface area contributed by atoms with Crippen molar-refractivity contribution in [1.29, 1.82) is 0 Å². The lowest BCUT2D eigenvalue weighted by Gasteiger charge is -2.13. The second-order valence-electron chi connectivity index (χ2n) is 5.03. The van der Waals surface area contributed by atoms with Crippen LogP contribution in [0.3, 0.4) is 0 Å². The fraction of sp³-hybridized carbons (Fsp3) is 0.571. The fourth-order valence-corrected chi connectivity index (χ4v) is 3.22. The first-order chi connectivity index (χ1) is 9.99. The molecular weight excluding hydrogens is 292 g/mol. The van der Waals surface area contributed by atoms with Gasteiger partial charge in [0.15, 0.2) is 0 Å². The third-order valence-electron chi connectivity index (χ3n) is 3.48. The lowest BCUT2D eigenvalue weighted by atomic mass is 10.2. The van der Waals surface area contributed by atoms with Crippen LogP contribution in [0.1, 0.15) is 46.7 Å². The van der Waals surface area contributed by atoms with E-state index in [1.165, 1.54) is 20.0 Å². The van der Waals surface area contributed by atoms with Gasteiger partial charge in [-0.2, -0.15) is 0 Å². The molecule has 1 unspecified atom stereocenters. The maximum atomic E-state index is 11.9. The number of nitrogen functional groups attached to an aromatic ring is 1. The van der Waals surface area contributed by atoms with Gasteiger partial charge in [0, 0.05) is 6.04 Å². The van der Waals surface area contributed by atoms with E-state index in [0.717, 1.165) is 11.3 Å². The predicted octanol–water partition coefficient (Wildman–Crippen LogP) is 2.50. The highest BCUT2D eigenvalue weighted by Crippen LogP contribution is 2.40. The van der Waals surface area contributed by atoms with Gasteiger partial charge in [-0.15, -0.1) is 11.3 Å². The number of hydrogen-bond donors (Lipinski definition) is 2. The van der Waals surface area contributed by atoms with Gasteiger partial charge in [-0.25, -0.2) is 9.59 Å². The summed E-state index contributed by atoms with van der Waals surface area (Å²) >= 11 is 1.14. The van der Waals surface area contributed by atoms with Crippen LogP contribution in [0.15, 0.2) is 0 Å². The molecule has 0 amide bonds. The van der Waals surface area contributed by atoms with E-state index in [-0.39, 0.29) is 28.8 Å². The maximum Gasteiger partial charge on any atom is 0.350 e. The number of anilines is 2. The van der Waals surface area contributed by atoms with Crippen molar-refractivity contribution in [2.45, 2.75) is 32.7 Å². The van der Waals surface area contributed by atoms with E-state index in [1.54, 1.807) is 6.92 Å². The molecule has 1 fully saturated rings. The fourth-order valence-electron chi connectivity index (χ4n) is 2.12. The van der Waals surface area contributed by atoms with Crippen LogP contribution >= 0.6 is 11.3 Å². The number of esters is 2. The predicted molar refractivity (Wildman–Crippen MR) is 81.8 cm³/mol. The van der Waals surface area contributed by atoms with Crippen LogP contribution in [0.2, 0.25) is 0 Å². The van der Waals surface area contributed by atoms with E-state index >= 15 is 0 Å². The molecule has 116 valence electrons. The Bertz CT molecular complexity index is 551. The van der Waals surface area contributed by atoms with Crippen molar-refractivity contribution in [2.75, 3.05) is 24.8 Å². The second kappa shape index (κ2) is 6.34. The van der Waals surface area contributed by atoms with Crippen molar-refractivity contribution >= 4 is 34.0 Å². The number of rotatable bonds is 6. The number of thiophene rings is 1. The zero-order chi connectivity index (χ0) is 15.6.